The van der Waals surface area contributed by atoms with Crippen molar-refractivity contribution in [1.29, 1.82) is 0 Å². The zero-order chi connectivity index (χ0) is 8.97. The van der Waals surface area contributed by atoms with Crippen LogP contribution in [0.2, 0.25) is 0 Å². The Morgan fingerprint density at radius 1 is 1.75 bits per heavy atom. The van der Waals surface area contributed by atoms with Crippen molar-refractivity contribution < 1.29 is 4.74 Å². The van der Waals surface area contributed by atoms with E-state index in [9.17, 15) is 0 Å². The summed E-state index contributed by atoms with van der Waals surface area (Å²) in [6.07, 6.45) is 7.49. The van der Waals surface area contributed by atoms with Gasteiger partial charge in [0.25, 0.3) is 0 Å². The molecular formula is C9H12N2O. The van der Waals surface area contributed by atoms with Gasteiger partial charge in [-0.05, 0) is 6.92 Å². The zero-order valence-electron chi connectivity index (χ0n) is 7.37. The second-order valence-electron chi connectivity index (χ2n) is 2.56. The maximum Gasteiger partial charge on any atom is 0.214 e. The maximum absolute atomic E-state index is 5.41. The molecular weight excluding hydrogens is 152 g/mol. The third-order valence-electron chi connectivity index (χ3n) is 1.54. The van der Waals surface area contributed by atoms with Gasteiger partial charge < -0.3 is 4.74 Å². The van der Waals surface area contributed by atoms with E-state index >= 15 is 0 Å². The van der Waals surface area contributed by atoms with Gasteiger partial charge in [-0.1, -0.05) is 0 Å². The number of nitrogens with zero attached hydrogens (tertiary/aromatic N) is 2. The first-order valence-electron chi connectivity index (χ1n) is 3.80. The Bertz CT molecular complexity index is 276. The fraction of sp³-hybridized carbons (Fsp3) is 0.444. The van der Waals surface area contributed by atoms with Gasteiger partial charge in [-0.15, -0.1) is 12.3 Å². The molecule has 0 spiro atoms. The average molecular weight is 164 g/mol. The summed E-state index contributed by atoms with van der Waals surface area (Å²) in [7, 11) is 1.85. The molecule has 0 aliphatic heterocycles. The average Bonchev–Trinajstić information content (AvgIpc) is 2.35. The molecule has 0 saturated carbocycles. The molecule has 0 radical (unpaired) electrons. The van der Waals surface area contributed by atoms with E-state index in [1.165, 1.54) is 0 Å². The summed E-state index contributed by atoms with van der Waals surface area (Å²) in [5, 5.41) is 4.03. The van der Waals surface area contributed by atoms with E-state index in [1.807, 2.05) is 14.0 Å². The molecule has 1 aromatic heterocycles. The highest BCUT2D eigenvalue weighted by atomic mass is 16.5. The molecule has 0 aliphatic carbocycles. The minimum absolute atomic E-state index is 0.552. The molecule has 1 heterocycles. The monoisotopic (exact) mass is 164 g/mol. The minimum atomic E-state index is 0.552. The highest BCUT2D eigenvalue weighted by Gasteiger charge is 2.03. The van der Waals surface area contributed by atoms with Gasteiger partial charge in [-0.2, -0.15) is 5.10 Å². The van der Waals surface area contributed by atoms with Gasteiger partial charge in [0.15, 0.2) is 0 Å². The van der Waals surface area contributed by atoms with E-state index in [1.54, 1.807) is 10.9 Å². The molecule has 0 N–H and O–H groups in total. The fourth-order valence-corrected chi connectivity index (χ4v) is 0.950. The number of rotatable bonds is 3. The Morgan fingerprint density at radius 3 is 3.00 bits per heavy atom. The third kappa shape index (κ3) is 1.79. The minimum Gasteiger partial charge on any atom is -0.477 e. The van der Waals surface area contributed by atoms with Gasteiger partial charge >= 0.3 is 0 Å². The molecule has 12 heavy (non-hydrogen) atoms. The zero-order valence-corrected chi connectivity index (χ0v) is 7.37. The number of aromatic nitrogens is 2. The Morgan fingerprint density at radius 2 is 2.50 bits per heavy atom. The number of terminal acetylenes is 1. The smallest absolute Gasteiger partial charge is 0.214 e. The van der Waals surface area contributed by atoms with Crippen LogP contribution in [0.25, 0.3) is 0 Å². The molecule has 0 atom stereocenters. The molecule has 0 unspecified atom stereocenters. The standard InChI is InChI=1S/C9H12N2O/c1-4-5-6-12-9-8(2)7-10-11(9)3/h1,7H,5-6H2,2-3H3. The topological polar surface area (TPSA) is 27.1 Å². The van der Waals surface area contributed by atoms with Crippen molar-refractivity contribution in [2.24, 2.45) is 7.05 Å². The molecule has 0 aliphatic rings. The fourth-order valence-electron chi connectivity index (χ4n) is 0.950. The van der Waals surface area contributed by atoms with Gasteiger partial charge in [0.05, 0.1) is 6.20 Å². The summed E-state index contributed by atoms with van der Waals surface area (Å²) >= 11 is 0. The summed E-state index contributed by atoms with van der Waals surface area (Å²) in [6, 6.07) is 0. The first-order valence-corrected chi connectivity index (χ1v) is 3.80. The molecule has 0 fully saturated rings. The lowest BCUT2D eigenvalue weighted by Crippen LogP contribution is -2.02. The number of hydrogen-bond donors (Lipinski definition) is 0. The largest absolute Gasteiger partial charge is 0.477 e. The predicted molar refractivity (Wildman–Crippen MR) is 46.9 cm³/mol. The van der Waals surface area contributed by atoms with Crippen LogP contribution in [-0.2, 0) is 7.05 Å². The van der Waals surface area contributed by atoms with Gasteiger partial charge in [0.2, 0.25) is 5.88 Å². The van der Waals surface area contributed by atoms with Crippen LogP contribution in [0.1, 0.15) is 12.0 Å². The van der Waals surface area contributed by atoms with Crippen molar-refractivity contribution in [2.45, 2.75) is 13.3 Å². The van der Waals surface area contributed by atoms with Gasteiger partial charge in [0.1, 0.15) is 6.61 Å². The summed E-state index contributed by atoms with van der Waals surface area (Å²) in [4.78, 5) is 0. The van der Waals surface area contributed by atoms with Crippen LogP contribution >= 0.6 is 0 Å². The van der Waals surface area contributed by atoms with Crippen molar-refractivity contribution in [2.75, 3.05) is 6.61 Å². The molecule has 3 nitrogen and oxygen atoms in total. The highest BCUT2D eigenvalue weighted by molar-refractivity contribution is 5.21. The first-order chi connectivity index (χ1) is 5.75. The van der Waals surface area contributed by atoms with Crippen LogP contribution < -0.4 is 4.74 Å². The van der Waals surface area contributed by atoms with Crippen molar-refractivity contribution in [3.63, 3.8) is 0 Å². The van der Waals surface area contributed by atoms with Gasteiger partial charge in [0, 0.05) is 19.0 Å². The van der Waals surface area contributed by atoms with E-state index in [4.69, 9.17) is 11.2 Å². The molecule has 0 amide bonds. The van der Waals surface area contributed by atoms with Crippen molar-refractivity contribution in [3.8, 4) is 18.2 Å². The second kappa shape index (κ2) is 3.82. The summed E-state index contributed by atoms with van der Waals surface area (Å²) < 4.78 is 7.11. The molecule has 0 saturated heterocycles. The quantitative estimate of drug-likeness (QED) is 0.494. The second-order valence-corrected chi connectivity index (χ2v) is 2.56. The summed E-state index contributed by atoms with van der Waals surface area (Å²) in [5.74, 6) is 3.31. The predicted octanol–water partition coefficient (Wildman–Crippen LogP) is 1.13. The Balaban J connectivity index is 2.57. The van der Waals surface area contributed by atoms with Gasteiger partial charge in [-0.3, -0.25) is 0 Å². The normalized spacial score (nSPS) is 9.42. The Kier molecular flexibility index (Phi) is 2.76. The van der Waals surface area contributed by atoms with Crippen LogP contribution in [0.3, 0.4) is 0 Å². The Hall–Kier alpha value is -1.43. The van der Waals surface area contributed by atoms with Gasteiger partial charge in [-0.25, -0.2) is 4.68 Å². The van der Waals surface area contributed by atoms with Crippen LogP contribution in [0.4, 0.5) is 0 Å². The maximum atomic E-state index is 5.41. The van der Waals surface area contributed by atoms with E-state index in [-0.39, 0.29) is 0 Å². The molecule has 0 aromatic carbocycles. The third-order valence-corrected chi connectivity index (χ3v) is 1.54. The number of hydrogen-bond acceptors (Lipinski definition) is 2. The lowest BCUT2D eigenvalue weighted by molar-refractivity contribution is 0.296. The molecule has 0 bridgehead atoms. The highest BCUT2D eigenvalue weighted by Crippen LogP contribution is 2.14. The van der Waals surface area contributed by atoms with Crippen LogP contribution in [-0.4, -0.2) is 16.4 Å². The van der Waals surface area contributed by atoms with Crippen molar-refractivity contribution >= 4 is 0 Å². The molecule has 1 rings (SSSR count). The molecule has 3 heteroatoms. The summed E-state index contributed by atoms with van der Waals surface area (Å²) in [5.41, 5.74) is 1.04. The van der Waals surface area contributed by atoms with Crippen LogP contribution in [0, 0.1) is 19.3 Å². The molecule has 1 aromatic rings. The van der Waals surface area contributed by atoms with E-state index in [0.717, 1.165) is 11.4 Å². The summed E-state index contributed by atoms with van der Waals surface area (Å²) in [6.45, 7) is 2.51. The van der Waals surface area contributed by atoms with E-state index < -0.39 is 0 Å². The lowest BCUT2D eigenvalue weighted by atomic mass is 10.4. The SMILES string of the molecule is C#CCCOc1c(C)cnn1C. The van der Waals surface area contributed by atoms with E-state index in [2.05, 4.69) is 11.0 Å². The van der Waals surface area contributed by atoms with Crippen molar-refractivity contribution in [1.82, 2.24) is 9.78 Å². The molecule has 64 valence electrons. The van der Waals surface area contributed by atoms with Crippen LogP contribution in [0.15, 0.2) is 6.20 Å². The van der Waals surface area contributed by atoms with Crippen LogP contribution in [0.5, 0.6) is 5.88 Å². The number of ether oxygens (including phenoxy) is 1. The van der Waals surface area contributed by atoms with Crippen molar-refractivity contribution in [3.05, 3.63) is 11.8 Å². The van der Waals surface area contributed by atoms with E-state index in [0.29, 0.717) is 13.0 Å². The lowest BCUT2D eigenvalue weighted by Gasteiger charge is -2.04. The number of aryl methyl sites for hydroxylation is 2. The first kappa shape index (κ1) is 8.66. The Labute approximate surface area is 72.3 Å².